The molecule has 0 aliphatic heterocycles. The lowest BCUT2D eigenvalue weighted by Gasteiger charge is -2.42. The second kappa shape index (κ2) is 10.5. The monoisotopic (exact) mass is 412 g/mol. The molecule has 2 aliphatic rings. The van der Waals surface area contributed by atoms with Crippen molar-refractivity contribution in [2.24, 2.45) is 0 Å². The highest BCUT2D eigenvalue weighted by Gasteiger charge is 2.33. The maximum Gasteiger partial charge on any atom is 0.254 e. The van der Waals surface area contributed by atoms with Crippen molar-refractivity contribution in [3.05, 3.63) is 35.4 Å². The Labute approximate surface area is 183 Å². The molecule has 0 radical (unpaired) electrons. The zero-order valence-electron chi connectivity index (χ0n) is 19.4. The minimum atomic E-state index is 0.0374. The molecule has 30 heavy (non-hydrogen) atoms. The van der Waals surface area contributed by atoms with Crippen LogP contribution in [0.1, 0.15) is 113 Å². The Hall–Kier alpha value is -1.84. The highest BCUT2D eigenvalue weighted by Crippen LogP contribution is 2.31. The van der Waals surface area contributed by atoms with Gasteiger partial charge in [0.2, 0.25) is 0 Å². The summed E-state index contributed by atoms with van der Waals surface area (Å²) >= 11 is 0. The van der Waals surface area contributed by atoms with Crippen molar-refractivity contribution in [3.63, 3.8) is 0 Å². The van der Waals surface area contributed by atoms with Crippen molar-refractivity contribution in [1.29, 1.82) is 0 Å². The number of carbonyl (C=O) groups is 2. The third-order valence-electron chi connectivity index (χ3n) is 6.90. The van der Waals surface area contributed by atoms with Gasteiger partial charge in [0.05, 0.1) is 0 Å². The molecular weight excluding hydrogens is 372 g/mol. The first-order chi connectivity index (χ1) is 14.4. The summed E-state index contributed by atoms with van der Waals surface area (Å²) in [6, 6.07) is 8.47. The topological polar surface area (TPSA) is 40.6 Å². The van der Waals surface area contributed by atoms with Crippen molar-refractivity contribution in [2.45, 2.75) is 116 Å². The normalized spacial score (nSPS) is 18.6. The summed E-state index contributed by atoms with van der Waals surface area (Å²) in [7, 11) is 0. The lowest BCUT2D eigenvalue weighted by Crippen LogP contribution is -2.48. The Bertz CT molecular complexity index is 672. The van der Waals surface area contributed by atoms with E-state index in [1.54, 1.807) is 0 Å². The molecule has 1 aromatic rings. The van der Waals surface area contributed by atoms with Crippen LogP contribution in [0.15, 0.2) is 24.3 Å². The lowest BCUT2D eigenvalue weighted by atomic mass is 9.88. The van der Waals surface area contributed by atoms with Crippen molar-refractivity contribution in [2.75, 3.05) is 0 Å². The molecule has 0 atom stereocenters. The van der Waals surface area contributed by atoms with E-state index in [0.717, 1.165) is 31.2 Å². The van der Waals surface area contributed by atoms with E-state index < -0.39 is 0 Å². The molecule has 0 N–H and O–H groups in total. The standard InChI is InChI=1S/C26H40N2O2/c1-19(2)27(20(3)4)25(29)21-15-17-22(18-16-21)26(30)28(23-11-7-5-8-12-23)24-13-9-6-10-14-24/h15-20,23-24H,5-14H2,1-4H3. The van der Waals surface area contributed by atoms with E-state index in [1.807, 2.05) is 56.9 Å². The molecule has 0 bridgehead atoms. The van der Waals surface area contributed by atoms with E-state index in [9.17, 15) is 9.59 Å². The molecular formula is C26H40N2O2. The predicted molar refractivity (Wildman–Crippen MR) is 123 cm³/mol. The average molecular weight is 413 g/mol. The van der Waals surface area contributed by atoms with Gasteiger partial charge in [-0.1, -0.05) is 38.5 Å². The van der Waals surface area contributed by atoms with Gasteiger partial charge in [-0.2, -0.15) is 0 Å². The molecule has 0 saturated heterocycles. The maximum absolute atomic E-state index is 13.6. The van der Waals surface area contributed by atoms with Gasteiger partial charge in [0, 0.05) is 35.3 Å². The molecule has 3 rings (SSSR count). The molecule has 0 heterocycles. The molecule has 2 aliphatic carbocycles. The zero-order chi connectivity index (χ0) is 21.7. The van der Waals surface area contributed by atoms with Crippen LogP contribution in [0.2, 0.25) is 0 Å². The van der Waals surface area contributed by atoms with Gasteiger partial charge in [-0.3, -0.25) is 9.59 Å². The van der Waals surface area contributed by atoms with Crippen LogP contribution in [0.25, 0.3) is 0 Å². The fourth-order valence-corrected chi connectivity index (χ4v) is 5.47. The van der Waals surface area contributed by atoms with Gasteiger partial charge in [0.1, 0.15) is 0 Å². The minimum absolute atomic E-state index is 0.0374. The number of hydrogen-bond donors (Lipinski definition) is 0. The first-order valence-corrected chi connectivity index (χ1v) is 12.2. The van der Waals surface area contributed by atoms with E-state index in [4.69, 9.17) is 0 Å². The summed E-state index contributed by atoms with van der Waals surface area (Å²) in [5.74, 6) is 0.202. The fourth-order valence-electron chi connectivity index (χ4n) is 5.47. The molecule has 166 valence electrons. The van der Waals surface area contributed by atoms with Crippen LogP contribution in [0.4, 0.5) is 0 Å². The molecule has 0 aromatic heterocycles. The largest absolute Gasteiger partial charge is 0.334 e. The van der Waals surface area contributed by atoms with E-state index in [0.29, 0.717) is 17.6 Å². The van der Waals surface area contributed by atoms with Gasteiger partial charge in [-0.05, 0) is 77.6 Å². The Kier molecular flexibility index (Phi) is 7.96. The Morgan fingerprint density at radius 2 is 1.03 bits per heavy atom. The third kappa shape index (κ3) is 5.25. The van der Waals surface area contributed by atoms with Crippen LogP contribution in [-0.4, -0.2) is 45.8 Å². The quantitative estimate of drug-likeness (QED) is 0.570. The molecule has 2 saturated carbocycles. The van der Waals surface area contributed by atoms with Gasteiger partial charge in [0.25, 0.3) is 11.8 Å². The summed E-state index contributed by atoms with van der Waals surface area (Å²) in [6.45, 7) is 8.17. The van der Waals surface area contributed by atoms with E-state index in [2.05, 4.69) is 4.90 Å². The van der Waals surface area contributed by atoms with Crippen molar-refractivity contribution in [3.8, 4) is 0 Å². The molecule has 0 unspecified atom stereocenters. The van der Waals surface area contributed by atoms with Crippen molar-refractivity contribution >= 4 is 11.8 Å². The van der Waals surface area contributed by atoms with Crippen LogP contribution in [-0.2, 0) is 0 Å². The summed E-state index contributed by atoms with van der Waals surface area (Å²) in [6.07, 6.45) is 12.1. The van der Waals surface area contributed by atoms with Crippen LogP contribution < -0.4 is 0 Å². The minimum Gasteiger partial charge on any atom is -0.334 e. The van der Waals surface area contributed by atoms with Crippen LogP contribution in [0.3, 0.4) is 0 Å². The van der Waals surface area contributed by atoms with Crippen molar-refractivity contribution in [1.82, 2.24) is 9.80 Å². The highest BCUT2D eigenvalue weighted by molar-refractivity contribution is 5.98. The number of benzene rings is 1. The van der Waals surface area contributed by atoms with Gasteiger partial charge in [-0.25, -0.2) is 0 Å². The molecule has 2 amide bonds. The highest BCUT2D eigenvalue weighted by atomic mass is 16.2. The van der Waals surface area contributed by atoms with Gasteiger partial charge in [-0.15, -0.1) is 0 Å². The Balaban J connectivity index is 1.80. The number of hydrogen-bond acceptors (Lipinski definition) is 2. The third-order valence-corrected chi connectivity index (χ3v) is 6.90. The SMILES string of the molecule is CC(C)N(C(=O)c1ccc(C(=O)N(C2CCCCC2)C2CCCCC2)cc1)C(C)C. The maximum atomic E-state index is 13.6. The summed E-state index contributed by atoms with van der Waals surface area (Å²) in [5, 5.41) is 0. The number of carbonyl (C=O) groups excluding carboxylic acids is 2. The van der Waals surface area contributed by atoms with Gasteiger partial charge >= 0.3 is 0 Å². The number of nitrogens with zero attached hydrogens (tertiary/aromatic N) is 2. The van der Waals surface area contributed by atoms with E-state index in [-0.39, 0.29) is 23.9 Å². The number of rotatable bonds is 6. The zero-order valence-corrected chi connectivity index (χ0v) is 19.4. The molecule has 4 heteroatoms. The van der Waals surface area contributed by atoms with Crippen LogP contribution in [0.5, 0.6) is 0 Å². The molecule has 1 aromatic carbocycles. The van der Waals surface area contributed by atoms with E-state index in [1.165, 1.54) is 38.5 Å². The molecule has 4 nitrogen and oxygen atoms in total. The second-order valence-electron chi connectivity index (χ2n) is 9.77. The smallest absolute Gasteiger partial charge is 0.254 e. The number of amides is 2. The lowest BCUT2D eigenvalue weighted by molar-refractivity contribution is 0.0447. The van der Waals surface area contributed by atoms with Gasteiger partial charge < -0.3 is 9.80 Å². The van der Waals surface area contributed by atoms with Crippen molar-refractivity contribution < 1.29 is 9.59 Å². The summed E-state index contributed by atoms with van der Waals surface area (Å²) in [4.78, 5) is 30.7. The average Bonchev–Trinajstić information content (AvgIpc) is 2.75. The second-order valence-corrected chi connectivity index (χ2v) is 9.77. The first-order valence-electron chi connectivity index (χ1n) is 12.2. The van der Waals surface area contributed by atoms with Crippen LogP contribution >= 0.6 is 0 Å². The predicted octanol–water partition coefficient (Wildman–Crippen LogP) is 6.05. The summed E-state index contributed by atoms with van der Waals surface area (Å²) < 4.78 is 0. The molecule has 2 fully saturated rings. The Morgan fingerprint density at radius 1 is 0.667 bits per heavy atom. The van der Waals surface area contributed by atoms with Gasteiger partial charge in [0.15, 0.2) is 0 Å². The first kappa shape index (κ1) is 22.8. The summed E-state index contributed by atoms with van der Waals surface area (Å²) in [5.41, 5.74) is 1.39. The van der Waals surface area contributed by atoms with Crippen LogP contribution in [0, 0.1) is 0 Å². The fraction of sp³-hybridized carbons (Fsp3) is 0.692. The van der Waals surface area contributed by atoms with E-state index >= 15 is 0 Å². The Morgan fingerprint density at radius 3 is 1.40 bits per heavy atom. The molecule has 0 spiro atoms.